The molecule has 0 unspecified atom stereocenters. The first-order chi connectivity index (χ1) is 15.9. The molecule has 174 valence electrons. The minimum Gasteiger partial charge on any atom is -0.331 e. The summed E-state index contributed by atoms with van der Waals surface area (Å²) in [4.78, 5) is 9.57. The summed E-state index contributed by atoms with van der Waals surface area (Å²) in [5, 5.41) is 5.42. The lowest BCUT2D eigenvalue weighted by molar-refractivity contribution is -0.00128. The lowest BCUT2D eigenvalue weighted by Crippen LogP contribution is -2.48. The van der Waals surface area contributed by atoms with Crippen LogP contribution in [0.5, 0.6) is 0 Å². The molecular weight excluding hydrogens is 437 g/mol. The number of nitrogens with zero attached hydrogens (tertiary/aromatic N) is 5. The minimum absolute atomic E-state index is 0.0503. The Morgan fingerprint density at radius 2 is 1.88 bits per heavy atom. The van der Waals surface area contributed by atoms with Crippen LogP contribution in [0.3, 0.4) is 0 Å². The third-order valence-electron chi connectivity index (χ3n) is 8.61. The highest BCUT2D eigenvalue weighted by molar-refractivity contribution is 6.30. The molecule has 3 saturated carbocycles. The van der Waals surface area contributed by atoms with Gasteiger partial charge in [0, 0.05) is 35.6 Å². The number of fused-ring (bicyclic) bond motifs is 4. The summed E-state index contributed by atoms with van der Waals surface area (Å²) < 4.78 is 18.6. The van der Waals surface area contributed by atoms with Crippen LogP contribution in [-0.4, -0.2) is 24.3 Å². The molecule has 0 saturated heterocycles. The molecule has 7 heteroatoms. The number of hydrogen-bond acceptors (Lipinski definition) is 3. The predicted molar refractivity (Wildman–Crippen MR) is 126 cm³/mol. The van der Waals surface area contributed by atoms with Crippen molar-refractivity contribution >= 4 is 11.6 Å². The van der Waals surface area contributed by atoms with Crippen molar-refractivity contribution in [2.24, 2.45) is 5.41 Å². The van der Waals surface area contributed by atoms with Crippen molar-refractivity contribution in [1.29, 1.82) is 0 Å². The van der Waals surface area contributed by atoms with Crippen LogP contribution < -0.4 is 0 Å². The van der Waals surface area contributed by atoms with Gasteiger partial charge in [-0.1, -0.05) is 18.0 Å². The molecule has 3 aliphatic carbocycles. The first-order valence-corrected chi connectivity index (χ1v) is 12.7. The highest BCUT2D eigenvalue weighted by Gasteiger charge is 2.50. The number of hydrogen-bond donors (Lipinski definition) is 0. The number of aromatic nitrogens is 5. The molecule has 0 radical (unpaired) electrons. The van der Waals surface area contributed by atoms with E-state index in [2.05, 4.69) is 27.4 Å². The maximum absolute atomic E-state index is 14.1. The number of aryl methyl sites for hydroxylation is 2. The fourth-order valence-corrected chi connectivity index (χ4v) is 6.87. The van der Waals surface area contributed by atoms with Crippen molar-refractivity contribution in [2.75, 3.05) is 0 Å². The SMILES string of the molecule is Cc1cn(C23CCC(Cc4nc5n(n4)CCCC[C@H]5c4cc(F)cc(Cl)c4)(CC2)CC3)cn1. The highest BCUT2D eigenvalue weighted by atomic mass is 35.5. The van der Waals surface area contributed by atoms with Gasteiger partial charge in [-0.2, -0.15) is 5.10 Å². The van der Waals surface area contributed by atoms with Gasteiger partial charge in [0.2, 0.25) is 0 Å². The van der Waals surface area contributed by atoms with Gasteiger partial charge in [0.25, 0.3) is 0 Å². The Hall–Kier alpha value is -2.21. The summed E-state index contributed by atoms with van der Waals surface area (Å²) in [7, 11) is 0. The molecule has 0 amide bonds. The zero-order chi connectivity index (χ0) is 22.6. The van der Waals surface area contributed by atoms with E-state index in [4.69, 9.17) is 21.7 Å². The van der Waals surface area contributed by atoms with Gasteiger partial charge < -0.3 is 4.57 Å². The monoisotopic (exact) mass is 467 g/mol. The maximum atomic E-state index is 14.1. The number of halogens is 2. The zero-order valence-corrected chi connectivity index (χ0v) is 20.0. The van der Waals surface area contributed by atoms with Gasteiger partial charge in [-0.3, -0.25) is 0 Å². The fourth-order valence-electron chi connectivity index (χ4n) is 6.64. The maximum Gasteiger partial charge on any atom is 0.151 e. The molecule has 0 spiro atoms. The first kappa shape index (κ1) is 21.3. The number of benzene rings is 1. The van der Waals surface area contributed by atoms with Gasteiger partial charge in [0.1, 0.15) is 11.6 Å². The Balaban J connectivity index is 1.24. The summed E-state index contributed by atoms with van der Waals surface area (Å²) in [6.45, 7) is 2.96. The Labute approximate surface area is 199 Å². The quantitative estimate of drug-likeness (QED) is 0.460. The van der Waals surface area contributed by atoms with Crippen molar-refractivity contribution < 1.29 is 4.39 Å². The summed E-state index contributed by atoms with van der Waals surface area (Å²) in [5.74, 6) is 1.71. The summed E-state index contributed by atoms with van der Waals surface area (Å²) in [5.41, 5.74) is 2.58. The Bertz CT molecular complexity index is 1140. The molecular formula is C26H31ClFN5. The minimum atomic E-state index is -0.284. The Morgan fingerprint density at radius 3 is 2.58 bits per heavy atom. The number of rotatable bonds is 4. The third kappa shape index (κ3) is 3.80. The lowest BCUT2D eigenvalue weighted by atomic mass is 9.56. The average molecular weight is 468 g/mol. The number of imidazole rings is 1. The predicted octanol–water partition coefficient (Wildman–Crippen LogP) is 6.18. The molecule has 1 aliphatic heterocycles. The fraction of sp³-hybridized carbons (Fsp3) is 0.577. The standard InChI is InChI=1S/C26H31ClFN5/c1-18-16-32(17-29-18)26-8-5-25(6-9-26,7-10-26)15-23-30-24-22(4-2-3-11-33(24)31-23)19-12-20(27)14-21(28)13-19/h12-14,16-17,22H,2-11,15H2,1H3/t22-,25?,26?/m0/s1. The largest absolute Gasteiger partial charge is 0.331 e. The summed E-state index contributed by atoms with van der Waals surface area (Å²) >= 11 is 6.18. The second-order valence-electron chi connectivity index (χ2n) is 10.7. The van der Waals surface area contributed by atoms with E-state index in [1.807, 2.05) is 12.4 Å². The van der Waals surface area contributed by atoms with Gasteiger partial charge >= 0.3 is 0 Å². The molecule has 33 heavy (non-hydrogen) atoms. The molecule has 2 bridgehead atoms. The van der Waals surface area contributed by atoms with Crippen LogP contribution in [-0.2, 0) is 18.5 Å². The van der Waals surface area contributed by atoms with Crippen LogP contribution in [0, 0.1) is 18.2 Å². The molecule has 4 aliphatic rings. The first-order valence-electron chi connectivity index (χ1n) is 12.3. The Kier molecular flexibility index (Phi) is 5.13. The van der Waals surface area contributed by atoms with Crippen LogP contribution in [0.1, 0.15) is 86.6 Å². The molecule has 3 fully saturated rings. The van der Waals surface area contributed by atoms with Crippen LogP contribution in [0.15, 0.2) is 30.7 Å². The molecule has 5 nitrogen and oxygen atoms in total. The Morgan fingerprint density at radius 1 is 1.09 bits per heavy atom. The second kappa shape index (κ2) is 7.93. The van der Waals surface area contributed by atoms with Gasteiger partial charge in [-0.05, 0) is 87.5 Å². The molecule has 3 aromatic rings. The molecule has 7 rings (SSSR count). The summed E-state index contributed by atoms with van der Waals surface area (Å²) in [6.07, 6.45) is 15.6. The van der Waals surface area contributed by atoms with Crippen molar-refractivity contribution in [2.45, 2.75) is 89.1 Å². The smallest absolute Gasteiger partial charge is 0.151 e. The molecule has 2 aromatic heterocycles. The zero-order valence-electron chi connectivity index (χ0n) is 19.2. The van der Waals surface area contributed by atoms with Crippen LogP contribution in [0.25, 0.3) is 0 Å². The van der Waals surface area contributed by atoms with E-state index in [-0.39, 0.29) is 17.3 Å². The summed E-state index contributed by atoms with van der Waals surface area (Å²) in [6, 6.07) is 4.87. The van der Waals surface area contributed by atoms with Crippen LogP contribution in [0.2, 0.25) is 5.02 Å². The van der Waals surface area contributed by atoms with Crippen molar-refractivity contribution in [3.8, 4) is 0 Å². The normalized spacial score (nSPS) is 29.1. The van der Waals surface area contributed by atoms with Gasteiger partial charge in [-0.15, -0.1) is 0 Å². The van der Waals surface area contributed by atoms with Gasteiger partial charge in [-0.25, -0.2) is 19.0 Å². The highest BCUT2D eigenvalue weighted by Crippen LogP contribution is 2.56. The molecule has 1 aromatic carbocycles. The average Bonchev–Trinajstić information content (AvgIpc) is 3.35. The van der Waals surface area contributed by atoms with Gasteiger partial charge in [0.15, 0.2) is 5.82 Å². The van der Waals surface area contributed by atoms with E-state index in [9.17, 15) is 4.39 Å². The van der Waals surface area contributed by atoms with Crippen LogP contribution >= 0.6 is 11.6 Å². The van der Waals surface area contributed by atoms with E-state index in [1.165, 1.54) is 44.6 Å². The van der Waals surface area contributed by atoms with Crippen molar-refractivity contribution in [3.63, 3.8) is 0 Å². The van der Waals surface area contributed by atoms with Crippen molar-refractivity contribution in [3.05, 3.63) is 64.5 Å². The molecule has 1 atom stereocenters. The second-order valence-corrected chi connectivity index (χ2v) is 11.1. The van der Waals surface area contributed by atoms with Crippen molar-refractivity contribution in [1.82, 2.24) is 24.3 Å². The van der Waals surface area contributed by atoms with E-state index in [1.54, 1.807) is 6.07 Å². The van der Waals surface area contributed by atoms with Crippen LogP contribution in [0.4, 0.5) is 4.39 Å². The van der Waals surface area contributed by atoms with E-state index < -0.39 is 0 Å². The van der Waals surface area contributed by atoms with Gasteiger partial charge in [0.05, 0.1) is 12.0 Å². The van der Waals surface area contributed by atoms with E-state index >= 15 is 0 Å². The molecule has 3 heterocycles. The topological polar surface area (TPSA) is 48.5 Å². The third-order valence-corrected chi connectivity index (χ3v) is 8.83. The van der Waals surface area contributed by atoms with E-state index in [0.717, 1.165) is 55.1 Å². The molecule has 0 N–H and O–H groups in total. The lowest BCUT2D eigenvalue weighted by Gasteiger charge is -2.53. The van der Waals surface area contributed by atoms with E-state index in [0.29, 0.717) is 10.4 Å².